The molecule has 7 heteroatoms. The van der Waals surface area contributed by atoms with Gasteiger partial charge in [0, 0.05) is 36.6 Å². The third-order valence-corrected chi connectivity index (χ3v) is 4.94. The molecule has 0 bridgehead atoms. The molecule has 1 saturated heterocycles. The summed E-state index contributed by atoms with van der Waals surface area (Å²) in [5.74, 6) is 0.368. The zero-order valence-electron chi connectivity index (χ0n) is 14.2. The standard InChI is InChI=1S/C19H20ClN5.ClH/c20-15-6-8-17(9-7-15)25-11-16(22-23-25)10-24-12-18(19(21)13-24)14-4-2-1-3-5-14;/h1-9,11,18-19H,10,12-13,21H2;1H/t18-,19+;/m0./s1. The van der Waals surface area contributed by atoms with Crippen LogP contribution in [0.15, 0.2) is 60.8 Å². The van der Waals surface area contributed by atoms with Gasteiger partial charge in [-0.15, -0.1) is 17.5 Å². The molecule has 1 aliphatic rings. The van der Waals surface area contributed by atoms with Crippen molar-refractivity contribution in [1.29, 1.82) is 0 Å². The van der Waals surface area contributed by atoms with E-state index in [1.165, 1.54) is 5.56 Å². The first-order valence-electron chi connectivity index (χ1n) is 8.39. The van der Waals surface area contributed by atoms with Crippen molar-refractivity contribution in [2.24, 2.45) is 5.73 Å². The van der Waals surface area contributed by atoms with Crippen LogP contribution in [0.1, 0.15) is 17.2 Å². The molecule has 136 valence electrons. The quantitative estimate of drug-likeness (QED) is 0.743. The van der Waals surface area contributed by atoms with Crippen LogP contribution in [-0.2, 0) is 6.54 Å². The Bertz CT molecular complexity index is 835. The zero-order valence-corrected chi connectivity index (χ0v) is 15.8. The molecule has 2 aromatic carbocycles. The van der Waals surface area contributed by atoms with E-state index in [4.69, 9.17) is 17.3 Å². The third kappa shape index (κ3) is 4.07. The van der Waals surface area contributed by atoms with E-state index >= 15 is 0 Å². The normalized spacial score (nSPS) is 20.1. The Kier molecular flexibility index (Phi) is 5.94. The Balaban J connectivity index is 0.00000196. The van der Waals surface area contributed by atoms with Gasteiger partial charge in [0.05, 0.1) is 17.6 Å². The van der Waals surface area contributed by atoms with Gasteiger partial charge in [0.1, 0.15) is 0 Å². The lowest BCUT2D eigenvalue weighted by atomic mass is 9.95. The molecule has 0 amide bonds. The highest BCUT2D eigenvalue weighted by Gasteiger charge is 2.31. The van der Waals surface area contributed by atoms with Crippen molar-refractivity contribution >= 4 is 24.0 Å². The number of nitrogens with zero attached hydrogens (tertiary/aromatic N) is 4. The van der Waals surface area contributed by atoms with E-state index in [9.17, 15) is 0 Å². The van der Waals surface area contributed by atoms with Crippen LogP contribution in [0.4, 0.5) is 0 Å². The fourth-order valence-corrected chi connectivity index (χ4v) is 3.54. The minimum atomic E-state index is 0. The molecule has 26 heavy (non-hydrogen) atoms. The molecule has 2 N–H and O–H groups in total. The van der Waals surface area contributed by atoms with Crippen LogP contribution >= 0.6 is 24.0 Å². The number of halogens is 2. The maximum atomic E-state index is 6.37. The van der Waals surface area contributed by atoms with Crippen molar-refractivity contribution in [3.8, 4) is 5.69 Å². The maximum absolute atomic E-state index is 6.37. The Hall–Kier alpha value is -1.92. The first kappa shape index (κ1) is 18.9. The van der Waals surface area contributed by atoms with E-state index in [1.54, 1.807) is 4.68 Å². The monoisotopic (exact) mass is 389 g/mol. The number of hydrogen-bond donors (Lipinski definition) is 1. The first-order valence-corrected chi connectivity index (χ1v) is 8.77. The molecular formula is C19H21Cl2N5. The summed E-state index contributed by atoms with van der Waals surface area (Å²) in [4.78, 5) is 2.35. The van der Waals surface area contributed by atoms with Crippen LogP contribution in [0.25, 0.3) is 5.69 Å². The van der Waals surface area contributed by atoms with E-state index in [1.807, 2.05) is 36.5 Å². The van der Waals surface area contributed by atoms with Gasteiger partial charge in [-0.05, 0) is 29.8 Å². The number of rotatable bonds is 4. The lowest BCUT2D eigenvalue weighted by molar-refractivity contribution is 0.319. The van der Waals surface area contributed by atoms with Crippen molar-refractivity contribution < 1.29 is 0 Å². The summed E-state index contributed by atoms with van der Waals surface area (Å²) in [5, 5.41) is 9.23. The molecular weight excluding hydrogens is 369 g/mol. The number of nitrogens with two attached hydrogens (primary N) is 1. The summed E-state index contributed by atoms with van der Waals surface area (Å²) in [6, 6.07) is 18.2. The number of hydrogen-bond acceptors (Lipinski definition) is 4. The molecule has 3 aromatic rings. The van der Waals surface area contributed by atoms with E-state index in [-0.39, 0.29) is 18.4 Å². The van der Waals surface area contributed by atoms with E-state index in [0.29, 0.717) is 10.9 Å². The highest BCUT2D eigenvalue weighted by molar-refractivity contribution is 6.30. The Morgan fingerprint density at radius 3 is 2.50 bits per heavy atom. The number of likely N-dealkylation sites (tertiary alicyclic amines) is 1. The highest BCUT2D eigenvalue weighted by atomic mass is 35.5. The average molecular weight is 390 g/mol. The van der Waals surface area contributed by atoms with Crippen LogP contribution in [0, 0.1) is 0 Å². The predicted molar refractivity (Wildman–Crippen MR) is 106 cm³/mol. The molecule has 0 radical (unpaired) electrons. The molecule has 0 saturated carbocycles. The lowest BCUT2D eigenvalue weighted by Gasteiger charge is -2.14. The van der Waals surface area contributed by atoms with Crippen molar-refractivity contribution in [3.63, 3.8) is 0 Å². The molecule has 2 heterocycles. The summed E-state index contributed by atoms with van der Waals surface area (Å²) in [5.41, 5.74) is 9.57. The van der Waals surface area contributed by atoms with E-state index in [2.05, 4.69) is 39.5 Å². The molecule has 1 fully saturated rings. The summed E-state index contributed by atoms with van der Waals surface area (Å²) in [6.07, 6.45) is 1.96. The van der Waals surface area contributed by atoms with Gasteiger partial charge in [-0.2, -0.15) is 0 Å². The van der Waals surface area contributed by atoms with Crippen molar-refractivity contribution in [1.82, 2.24) is 19.9 Å². The fraction of sp³-hybridized carbons (Fsp3) is 0.263. The second-order valence-electron chi connectivity index (χ2n) is 6.51. The van der Waals surface area contributed by atoms with E-state index < -0.39 is 0 Å². The van der Waals surface area contributed by atoms with Crippen LogP contribution in [0.2, 0.25) is 5.02 Å². The van der Waals surface area contributed by atoms with Crippen LogP contribution in [-0.4, -0.2) is 39.0 Å². The van der Waals surface area contributed by atoms with Crippen LogP contribution < -0.4 is 5.73 Å². The van der Waals surface area contributed by atoms with Gasteiger partial charge < -0.3 is 5.73 Å². The highest BCUT2D eigenvalue weighted by Crippen LogP contribution is 2.27. The lowest BCUT2D eigenvalue weighted by Crippen LogP contribution is -2.28. The Labute approximate surface area is 164 Å². The Morgan fingerprint density at radius 2 is 1.77 bits per heavy atom. The average Bonchev–Trinajstić information content (AvgIpc) is 3.23. The topological polar surface area (TPSA) is 60.0 Å². The Morgan fingerprint density at radius 1 is 1.04 bits per heavy atom. The van der Waals surface area contributed by atoms with Gasteiger partial charge in [0.2, 0.25) is 0 Å². The summed E-state index contributed by atoms with van der Waals surface area (Å²) in [6.45, 7) is 2.57. The van der Waals surface area contributed by atoms with Crippen LogP contribution in [0.3, 0.4) is 0 Å². The molecule has 0 spiro atoms. The van der Waals surface area contributed by atoms with Gasteiger partial charge in [0.25, 0.3) is 0 Å². The van der Waals surface area contributed by atoms with Crippen LogP contribution in [0.5, 0.6) is 0 Å². The van der Waals surface area contributed by atoms with Crippen molar-refractivity contribution in [3.05, 3.63) is 77.1 Å². The number of benzene rings is 2. The van der Waals surface area contributed by atoms with Crippen molar-refractivity contribution in [2.75, 3.05) is 13.1 Å². The smallest absolute Gasteiger partial charge is 0.0971 e. The molecule has 1 aliphatic heterocycles. The van der Waals surface area contributed by atoms with Gasteiger partial charge in [0.15, 0.2) is 0 Å². The molecule has 5 nitrogen and oxygen atoms in total. The molecule has 0 unspecified atom stereocenters. The maximum Gasteiger partial charge on any atom is 0.0971 e. The second-order valence-corrected chi connectivity index (χ2v) is 6.94. The summed E-state index contributed by atoms with van der Waals surface area (Å²) < 4.78 is 1.77. The first-order chi connectivity index (χ1) is 12.2. The van der Waals surface area contributed by atoms with Crippen molar-refractivity contribution in [2.45, 2.75) is 18.5 Å². The fourth-order valence-electron chi connectivity index (χ4n) is 3.42. The van der Waals surface area contributed by atoms with Gasteiger partial charge in [-0.25, -0.2) is 4.68 Å². The predicted octanol–water partition coefficient (Wildman–Crippen LogP) is 3.27. The van der Waals surface area contributed by atoms with Gasteiger partial charge >= 0.3 is 0 Å². The largest absolute Gasteiger partial charge is 0.326 e. The molecule has 1 aromatic heterocycles. The third-order valence-electron chi connectivity index (χ3n) is 4.69. The summed E-state index contributed by atoms with van der Waals surface area (Å²) >= 11 is 5.93. The number of aromatic nitrogens is 3. The molecule has 2 atom stereocenters. The van der Waals surface area contributed by atoms with Gasteiger partial charge in [-0.3, -0.25) is 4.90 Å². The van der Waals surface area contributed by atoms with E-state index in [0.717, 1.165) is 31.0 Å². The summed E-state index contributed by atoms with van der Waals surface area (Å²) in [7, 11) is 0. The molecule has 4 rings (SSSR count). The zero-order chi connectivity index (χ0) is 17.2. The molecule has 0 aliphatic carbocycles. The van der Waals surface area contributed by atoms with Gasteiger partial charge in [-0.1, -0.05) is 47.1 Å². The SMILES string of the molecule is Cl.N[C@@H]1CN(Cc2cn(-c3ccc(Cl)cc3)nn2)C[C@H]1c1ccccc1. The second kappa shape index (κ2) is 8.18. The minimum Gasteiger partial charge on any atom is -0.326 e. The minimum absolute atomic E-state index is 0.